The van der Waals surface area contributed by atoms with Crippen molar-refractivity contribution >= 4 is 0 Å². The van der Waals surface area contributed by atoms with Crippen molar-refractivity contribution in [2.75, 3.05) is 13.1 Å². The zero-order valence-corrected chi connectivity index (χ0v) is 8.34. The van der Waals surface area contributed by atoms with Gasteiger partial charge in [-0.05, 0) is 32.9 Å². The molecule has 0 aromatic carbocycles. The summed E-state index contributed by atoms with van der Waals surface area (Å²) in [7, 11) is 0. The van der Waals surface area contributed by atoms with Gasteiger partial charge in [0.15, 0.2) is 0 Å². The molecular weight excluding hydrogens is 178 g/mol. The fourth-order valence-electron chi connectivity index (χ4n) is 1.93. The second-order valence-electron chi connectivity index (χ2n) is 3.78. The topological polar surface area (TPSA) is 57.8 Å². The predicted molar refractivity (Wildman–Crippen MR) is 54.4 cm³/mol. The van der Waals surface area contributed by atoms with Crippen LogP contribution in [0.1, 0.15) is 30.3 Å². The van der Waals surface area contributed by atoms with Gasteiger partial charge in [0.2, 0.25) is 0 Å². The monoisotopic (exact) mass is 193 g/mol. The van der Waals surface area contributed by atoms with Gasteiger partial charge in [-0.15, -0.1) is 0 Å². The Kier molecular flexibility index (Phi) is 2.63. The van der Waals surface area contributed by atoms with Gasteiger partial charge in [0.25, 0.3) is 5.56 Å². The molecule has 0 radical (unpaired) electrons. The Labute approximate surface area is 82.8 Å². The lowest BCUT2D eigenvalue weighted by Crippen LogP contribution is -2.28. The second kappa shape index (κ2) is 3.92. The molecule has 0 spiro atoms. The van der Waals surface area contributed by atoms with Gasteiger partial charge in [-0.2, -0.15) is 0 Å². The minimum atomic E-state index is -0.0361. The number of aromatic amines is 1. The van der Waals surface area contributed by atoms with E-state index in [0.29, 0.717) is 11.7 Å². The van der Waals surface area contributed by atoms with Gasteiger partial charge in [0.1, 0.15) is 5.82 Å². The van der Waals surface area contributed by atoms with Crippen LogP contribution < -0.4 is 10.9 Å². The Morgan fingerprint density at radius 3 is 2.79 bits per heavy atom. The lowest BCUT2D eigenvalue weighted by atomic mass is 9.94. The molecular formula is C10H15N3O. The molecule has 0 amide bonds. The largest absolute Gasteiger partial charge is 0.317 e. The van der Waals surface area contributed by atoms with Crippen LogP contribution in [0, 0.1) is 6.92 Å². The lowest BCUT2D eigenvalue weighted by molar-refractivity contribution is 0.451. The summed E-state index contributed by atoms with van der Waals surface area (Å²) in [6.07, 6.45) is 2.16. The summed E-state index contributed by atoms with van der Waals surface area (Å²) in [5.41, 5.74) is 0.916. The minimum absolute atomic E-state index is 0.0361. The summed E-state index contributed by atoms with van der Waals surface area (Å²) in [4.78, 5) is 18.3. The average Bonchev–Trinajstić information content (AvgIpc) is 2.18. The van der Waals surface area contributed by atoms with Crippen molar-refractivity contribution in [3.8, 4) is 0 Å². The summed E-state index contributed by atoms with van der Waals surface area (Å²) in [6.45, 7) is 3.88. The number of aryl methyl sites for hydroxylation is 1. The maximum absolute atomic E-state index is 11.2. The molecule has 0 saturated carbocycles. The van der Waals surface area contributed by atoms with E-state index in [2.05, 4.69) is 15.3 Å². The van der Waals surface area contributed by atoms with E-state index in [4.69, 9.17) is 0 Å². The van der Waals surface area contributed by atoms with Crippen molar-refractivity contribution < 1.29 is 0 Å². The summed E-state index contributed by atoms with van der Waals surface area (Å²) >= 11 is 0. The molecule has 76 valence electrons. The van der Waals surface area contributed by atoms with Crippen molar-refractivity contribution in [2.45, 2.75) is 25.7 Å². The second-order valence-corrected chi connectivity index (χ2v) is 3.78. The zero-order valence-electron chi connectivity index (χ0n) is 8.34. The highest BCUT2D eigenvalue weighted by Crippen LogP contribution is 2.21. The van der Waals surface area contributed by atoms with E-state index in [9.17, 15) is 4.79 Å². The van der Waals surface area contributed by atoms with Crippen LogP contribution in [0.25, 0.3) is 0 Å². The van der Waals surface area contributed by atoms with Crippen LogP contribution in [0.3, 0.4) is 0 Å². The van der Waals surface area contributed by atoms with Crippen LogP contribution in [0.15, 0.2) is 10.9 Å². The molecule has 0 aliphatic carbocycles. The average molecular weight is 193 g/mol. The number of hydrogen-bond donors (Lipinski definition) is 2. The van der Waals surface area contributed by atoms with Gasteiger partial charge in [-0.25, -0.2) is 4.98 Å². The first kappa shape index (κ1) is 9.40. The smallest absolute Gasteiger partial charge is 0.251 e. The van der Waals surface area contributed by atoms with E-state index in [1.54, 1.807) is 6.07 Å². The lowest BCUT2D eigenvalue weighted by Gasteiger charge is -2.21. The van der Waals surface area contributed by atoms with Gasteiger partial charge < -0.3 is 10.3 Å². The van der Waals surface area contributed by atoms with Crippen molar-refractivity contribution in [1.29, 1.82) is 0 Å². The standard InChI is InChI=1S/C10H15N3O/c1-7-12-9(6-10(14)13-7)8-2-4-11-5-3-8/h6,8,11H,2-5H2,1H3,(H,12,13,14). The molecule has 2 rings (SSSR count). The number of hydrogen-bond acceptors (Lipinski definition) is 3. The zero-order chi connectivity index (χ0) is 9.97. The minimum Gasteiger partial charge on any atom is -0.317 e. The third-order valence-electron chi connectivity index (χ3n) is 2.64. The molecule has 0 bridgehead atoms. The van der Waals surface area contributed by atoms with Crippen LogP contribution in [-0.2, 0) is 0 Å². The molecule has 0 unspecified atom stereocenters. The third-order valence-corrected chi connectivity index (χ3v) is 2.64. The molecule has 14 heavy (non-hydrogen) atoms. The number of piperidine rings is 1. The molecule has 1 saturated heterocycles. The van der Waals surface area contributed by atoms with E-state index in [1.807, 2.05) is 6.92 Å². The highest BCUT2D eigenvalue weighted by atomic mass is 16.1. The van der Waals surface area contributed by atoms with Crippen LogP contribution in [-0.4, -0.2) is 23.1 Å². The van der Waals surface area contributed by atoms with E-state index in [0.717, 1.165) is 31.6 Å². The van der Waals surface area contributed by atoms with Gasteiger partial charge in [-0.1, -0.05) is 0 Å². The van der Waals surface area contributed by atoms with E-state index in [-0.39, 0.29) is 5.56 Å². The van der Waals surface area contributed by atoms with Crippen LogP contribution in [0.5, 0.6) is 0 Å². The molecule has 2 heterocycles. The van der Waals surface area contributed by atoms with Gasteiger partial charge in [0, 0.05) is 12.0 Å². The summed E-state index contributed by atoms with van der Waals surface area (Å²) in [5.74, 6) is 1.17. The number of aromatic nitrogens is 2. The van der Waals surface area contributed by atoms with Gasteiger partial charge >= 0.3 is 0 Å². The molecule has 1 fully saturated rings. The molecule has 4 heteroatoms. The SMILES string of the molecule is Cc1nc(C2CCNCC2)cc(=O)[nH]1. The maximum atomic E-state index is 11.2. The fourth-order valence-corrected chi connectivity index (χ4v) is 1.93. The highest BCUT2D eigenvalue weighted by molar-refractivity contribution is 5.09. The number of nitrogens with one attached hydrogen (secondary N) is 2. The summed E-state index contributed by atoms with van der Waals surface area (Å²) in [6, 6.07) is 1.63. The Balaban J connectivity index is 2.26. The molecule has 1 aromatic rings. The third kappa shape index (κ3) is 2.01. The number of H-pyrrole nitrogens is 1. The molecule has 1 aliphatic heterocycles. The van der Waals surface area contributed by atoms with E-state index >= 15 is 0 Å². The van der Waals surface area contributed by atoms with Gasteiger partial charge in [0.05, 0.1) is 5.69 Å². The first-order valence-electron chi connectivity index (χ1n) is 5.04. The highest BCUT2D eigenvalue weighted by Gasteiger charge is 2.16. The van der Waals surface area contributed by atoms with Crippen molar-refractivity contribution in [2.24, 2.45) is 0 Å². The summed E-state index contributed by atoms with van der Waals surface area (Å²) in [5, 5.41) is 3.30. The quantitative estimate of drug-likeness (QED) is 0.684. The molecule has 4 nitrogen and oxygen atoms in total. The maximum Gasteiger partial charge on any atom is 0.251 e. The fraction of sp³-hybridized carbons (Fsp3) is 0.600. The van der Waals surface area contributed by atoms with Gasteiger partial charge in [-0.3, -0.25) is 4.79 Å². The first-order chi connectivity index (χ1) is 6.75. The summed E-state index contributed by atoms with van der Waals surface area (Å²) < 4.78 is 0. The van der Waals surface area contributed by atoms with Crippen LogP contribution in [0.2, 0.25) is 0 Å². The predicted octanol–water partition coefficient (Wildman–Crippen LogP) is 0.545. The van der Waals surface area contributed by atoms with Crippen LogP contribution >= 0.6 is 0 Å². The molecule has 2 N–H and O–H groups in total. The van der Waals surface area contributed by atoms with Crippen molar-refractivity contribution in [3.63, 3.8) is 0 Å². The molecule has 1 aliphatic rings. The van der Waals surface area contributed by atoms with E-state index in [1.165, 1.54) is 0 Å². The van der Waals surface area contributed by atoms with Crippen molar-refractivity contribution in [1.82, 2.24) is 15.3 Å². The first-order valence-corrected chi connectivity index (χ1v) is 5.04. The Morgan fingerprint density at radius 1 is 1.43 bits per heavy atom. The Hall–Kier alpha value is -1.16. The molecule has 1 aromatic heterocycles. The van der Waals surface area contributed by atoms with E-state index < -0.39 is 0 Å². The van der Waals surface area contributed by atoms with Crippen molar-refractivity contribution in [3.05, 3.63) is 27.9 Å². The van der Waals surface area contributed by atoms with Crippen LogP contribution in [0.4, 0.5) is 0 Å². The Morgan fingerprint density at radius 2 is 2.14 bits per heavy atom. The Bertz CT molecular complexity index is 366. The number of nitrogens with zero attached hydrogens (tertiary/aromatic N) is 1. The number of rotatable bonds is 1. The molecule has 0 atom stereocenters. The normalized spacial score (nSPS) is 18.4.